The number of hydrogen-bond acceptors (Lipinski definition) is 5. The first-order valence-electron chi connectivity index (χ1n) is 10.4. The van der Waals surface area contributed by atoms with Gasteiger partial charge in [0.05, 0.1) is 13.2 Å². The number of ether oxygens (including phenoxy) is 2. The van der Waals surface area contributed by atoms with Gasteiger partial charge in [-0.05, 0) is 58.5 Å². The van der Waals surface area contributed by atoms with E-state index in [1.807, 2.05) is 71.4 Å². The summed E-state index contributed by atoms with van der Waals surface area (Å²) in [6, 6.07) is 18.2. The number of methoxy groups -OCH3 is 1. The zero-order valence-electron chi connectivity index (χ0n) is 17.7. The third-order valence-corrected chi connectivity index (χ3v) is 6.10. The molecule has 0 radical (unpaired) electrons. The second-order valence-corrected chi connectivity index (χ2v) is 8.29. The molecule has 1 aliphatic heterocycles. The van der Waals surface area contributed by atoms with Crippen LogP contribution in [0.5, 0.6) is 5.75 Å². The molecule has 2 amide bonds. The zero-order valence-corrected chi connectivity index (χ0v) is 18.5. The van der Waals surface area contributed by atoms with Crippen molar-refractivity contribution in [3.05, 3.63) is 88.1 Å². The summed E-state index contributed by atoms with van der Waals surface area (Å²) in [7, 11) is 1.62. The molecule has 2 unspecified atom stereocenters. The van der Waals surface area contributed by atoms with E-state index in [-0.39, 0.29) is 6.61 Å². The van der Waals surface area contributed by atoms with Crippen molar-refractivity contribution in [2.75, 3.05) is 7.11 Å². The van der Waals surface area contributed by atoms with E-state index in [0.717, 1.165) is 22.4 Å². The van der Waals surface area contributed by atoms with Gasteiger partial charge in [0, 0.05) is 5.71 Å². The van der Waals surface area contributed by atoms with Gasteiger partial charge in [-0.25, -0.2) is 9.79 Å². The van der Waals surface area contributed by atoms with Crippen molar-refractivity contribution in [3.63, 3.8) is 0 Å². The van der Waals surface area contributed by atoms with E-state index in [9.17, 15) is 9.59 Å². The number of carbonyl (C=O) groups is 2. The number of carbonyl (C=O) groups excluding carboxylic acids is 2. The minimum Gasteiger partial charge on any atom is -0.497 e. The zero-order chi connectivity index (χ0) is 22.3. The minimum atomic E-state index is -0.684. The quantitative estimate of drug-likeness (QED) is 0.495. The molecule has 0 saturated heterocycles. The fraction of sp³-hybridized carbons (Fsp3) is 0.240. The first kappa shape index (κ1) is 21.8. The van der Waals surface area contributed by atoms with Gasteiger partial charge in [-0.3, -0.25) is 4.79 Å². The van der Waals surface area contributed by atoms with Crippen LogP contribution in [0.4, 0.5) is 4.79 Å². The van der Waals surface area contributed by atoms with Crippen LogP contribution in [0.15, 0.2) is 76.4 Å². The van der Waals surface area contributed by atoms with Crippen LogP contribution < -0.4 is 10.1 Å². The molecule has 2 heterocycles. The number of rotatable bonds is 8. The van der Waals surface area contributed by atoms with Crippen molar-refractivity contribution in [3.8, 4) is 5.75 Å². The summed E-state index contributed by atoms with van der Waals surface area (Å²) in [6.45, 7) is 0.170. The highest BCUT2D eigenvalue weighted by Crippen LogP contribution is 2.31. The molecule has 0 bridgehead atoms. The molecule has 0 fully saturated rings. The molecular weight excluding hydrogens is 424 g/mol. The summed E-state index contributed by atoms with van der Waals surface area (Å²) >= 11 is 1.52. The van der Waals surface area contributed by atoms with Crippen LogP contribution in [-0.2, 0) is 22.6 Å². The molecule has 3 aromatic rings. The molecule has 2 atom stereocenters. The summed E-state index contributed by atoms with van der Waals surface area (Å²) < 4.78 is 11.0. The van der Waals surface area contributed by atoms with E-state index in [0.29, 0.717) is 18.6 Å². The molecular formula is C25H24N2O4S. The molecule has 6 nitrogen and oxygen atoms in total. The maximum absolute atomic E-state index is 13.2. The van der Waals surface area contributed by atoms with Crippen molar-refractivity contribution in [1.82, 2.24) is 5.32 Å². The summed E-state index contributed by atoms with van der Waals surface area (Å²) in [5.74, 6) is -0.313. The summed E-state index contributed by atoms with van der Waals surface area (Å²) in [6.07, 6.45) is 1.09. The fourth-order valence-electron chi connectivity index (χ4n) is 3.77. The van der Waals surface area contributed by atoms with Gasteiger partial charge >= 0.3 is 12.0 Å². The predicted octanol–water partition coefficient (Wildman–Crippen LogP) is 4.95. The van der Waals surface area contributed by atoms with E-state index >= 15 is 0 Å². The Kier molecular flexibility index (Phi) is 6.97. The molecule has 1 aromatic heterocycles. The lowest BCUT2D eigenvalue weighted by atomic mass is 9.86. The monoisotopic (exact) mass is 448 g/mol. The number of nitrogens with zero attached hydrogens (tertiary/aromatic N) is 1. The van der Waals surface area contributed by atoms with E-state index < -0.39 is 24.0 Å². The van der Waals surface area contributed by atoms with Crippen molar-refractivity contribution >= 4 is 29.0 Å². The van der Waals surface area contributed by atoms with Gasteiger partial charge in [0.2, 0.25) is 0 Å². The van der Waals surface area contributed by atoms with Gasteiger partial charge in [-0.2, -0.15) is 11.3 Å². The third kappa shape index (κ3) is 5.23. The predicted molar refractivity (Wildman–Crippen MR) is 124 cm³/mol. The van der Waals surface area contributed by atoms with Gasteiger partial charge < -0.3 is 14.8 Å². The highest BCUT2D eigenvalue weighted by Gasteiger charge is 2.39. The average molecular weight is 449 g/mol. The average Bonchev–Trinajstić information content (AvgIpc) is 3.36. The maximum atomic E-state index is 13.2. The smallest absolute Gasteiger partial charge is 0.341 e. The van der Waals surface area contributed by atoms with Gasteiger partial charge in [0.1, 0.15) is 18.3 Å². The van der Waals surface area contributed by atoms with Gasteiger partial charge in [-0.1, -0.05) is 42.5 Å². The largest absolute Gasteiger partial charge is 0.497 e. The molecule has 2 aromatic carbocycles. The number of thiophene rings is 1. The number of amides is 2. The van der Waals surface area contributed by atoms with Crippen LogP contribution >= 0.6 is 11.3 Å². The number of aliphatic imine (C=N–C) groups is 1. The lowest BCUT2D eigenvalue weighted by molar-refractivity contribution is -0.148. The van der Waals surface area contributed by atoms with E-state index in [1.54, 1.807) is 7.11 Å². The molecule has 1 aliphatic rings. The minimum absolute atomic E-state index is 0.170. The van der Waals surface area contributed by atoms with E-state index in [2.05, 4.69) is 10.3 Å². The van der Waals surface area contributed by atoms with Crippen molar-refractivity contribution in [2.45, 2.75) is 25.5 Å². The molecule has 7 heteroatoms. The number of benzene rings is 2. The molecule has 4 rings (SSSR count). The molecule has 0 aliphatic carbocycles. The Hall–Kier alpha value is -3.45. The molecule has 0 spiro atoms. The van der Waals surface area contributed by atoms with Crippen LogP contribution in [0.25, 0.3) is 0 Å². The van der Waals surface area contributed by atoms with Crippen molar-refractivity contribution < 1.29 is 19.1 Å². The lowest BCUT2D eigenvalue weighted by Crippen LogP contribution is -2.45. The fourth-order valence-corrected chi connectivity index (χ4v) is 4.47. The molecule has 164 valence electrons. The Morgan fingerprint density at radius 1 is 1.06 bits per heavy atom. The first-order chi connectivity index (χ1) is 15.6. The number of hydrogen-bond donors (Lipinski definition) is 1. The Morgan fingerprint density at radius 3 is 2.62 bits per heavy atom. The van der Waals surface area contributed by atoms with E-state index in [4.69, 9.17) is 9.47 Å². The van der Waals surface area contributed by atoms with Crippen molar-refractivity contribution in [2.24, 2.45) is 10.9 Å². The first-order valence-corrected chi connectivity index (χ1v) is 11.3. The van der Waals surface area contributed by atoms with Gasteiger partial charge in [0.25, 0.3) is 0 Å². The molecule has 1 N–H and O–H groups in total. The second kappa shape index (κ2) is 10.2. The number of aryl methyl sites for hydroxylation is 1. The Labute approximate surface area is 190 Å². The molecule has 32 heavy (non-hydrogen) atoms. The van der Waals surface area contributed by atoms with Crippen LogP contribution in [0, 0.1) is 5.92 Å². The second-order valence-electron chi connectivity index (χ2n) is 7.51. The third-order valence-electron chi connectivity index (χ3n) is 5.40. The molecule has 0 saturated carbocycles. The lowest BCUT2D eigenvalue weighted by Gasteiger charge is -2.30. The highest BCUT2D eigenvalue weighted by molar-refractivity contribution is 7.08. The summed E-state index contributed by atoms with van der Waals surface area (Å²) in [5.41, 5.74) is 3.36. The van der Waals surface area contributed by atoms with Gasteiger partial charge in [0.15, 0.2) is 0 Å². The number of esters is 1. The Bertz CT molecular complexity index is 1100. The number of urea groups is 1. The Morgan fingerprint density at radius 2 is 1.88 bits per heavy atom. The topological polar surface area (TPSA) is 77.0 Å². The van der Waals surface area contributed by atoms with E-state index in [1.165, 1.54) is 11.3 Å². The van der Waals surface area contributed by atoms with Crippen molar-refractivity contribution in [1.29, 1.82) is 0 Å². The SMILES string of the molecule is COc1cccc(CCC2=NC(=O)NC(c3ccsc3)C2C(=O)OCc2ccccc2)c1. The van der Waals surface area contributed by atoms with Crippen LogP contribution in [0.3, 0.4) is 0 Å². The van der Waals surface area contributed by atoms with Crippen LogP contribution in [0.1, 0.15) is 29.2 Å². The normalized spacial score (nSPS) is 17.9. The van der Waals surface area contributed by atoms with Crippen LogP contribution in [0.2, 0.25) is 0 Å². The number of nitrogens with one attached hydrogen (secondary N) is 1. The van der Waals surface area contributed by atoms with Crippen LogP contribution in [-0.4, -0.2) is 24.8 Å². The standard InChI is InChI=1S/C25H24N2O4S/c1-30-20-9-5-8-17(14-20)10-11-21-22(24(28)31-15-18-6-3-2-4-7-18)23(27-25(29)26-21)19-12-13-32-16-19/h2-9,12-14,16,22-23H,10-11,15H2,1H3,(H,27,29). The van der Waals surface area contributed by atoms with Gasteiger partial charge in [-0.15, -0.1) is 0 Å². The highest BCUT2D eigenvalue weighted by atomic mass is 32.1. The Balaban J connectivity index is 1.56. The summed E-state index contributed by atoms with van der Waals surface area (Å²) in [5, 5.41) is 6.72. The summed E-state index contributed by atoms with van der Waals surface area (Å²) in [4.78, 5) is 29.8. The maximum Gasteiger partial charge on any atom is 0.341 e.